The van der Waals surface area contributed by atoms with E-state index >= 15 is 0 Å². The molecule has 0 saturated heterocycles. The third-order valence-electron chi connectivity index (χ3n) is 0. The molecule has 2 nitrogen and oxygen atoms in total. The molecule has 0 atom stereocenters. The Morgan fingerprint density at radius 3 is 1.57 bits per heavy atom. The van der Waals surface area contributed by atoms with E-state index in [0.29, 0.717) is 0 Å². The van der Waals surface area contributed by atoms with Crippen LogP contribution >= 0.6 is 0 Å². The number of carboxylic acids is 1. The number of aliphatic carboxylic acids is 1. The van der Waals surface area contributed by atoms with E-state index in [0.717, 1.165) is 6.92 Å². The first-order chi connectivity index (χ1) is 2.73. The summed E-state index contributed by atoms with van der Waals surface area (Å²) in [6.07, 6.45) is 0. The van der Waals surface area contributed by atoms with Crippen molar-refractivity contribution in [3.63, 3.8) is 0 Å². The van der Waals surface area contributed by atoms with Crippen LogP contribution in [0.2, 0.25) is 0 Å². The van der Waals surface area contributed by atoms with Gasteiger partial charge >= 0.3 is 17.1 Å². The van der Waals surface area contributed by atoms with E-state index in [1.165, 1.54) is 0 Å². The van der Waals surface area contributed by atoms with Gasteiger partial charge in [-0.3, -0.25) is 0 Å². The molecule has 7 heavy (non-hydrogen) atoms. The van der Waals surface area contributed by atoms with Crippen LogP contribution in [0.1, 0.15) is 13.8 Å². The molecule has 1 radical (unpaired) electrons. The van der Waals surface area contributed by atoms with Crippen molar-refractivity contribution in [1.29, 1.82) is 0 Å². The van der Waals surface area contributed by atoms with Gasteiger partial charge in [-0.25, -0.2) is 0 Å². The second-order valence-electron chi connectivity index (χ2n) is 0.492. The average molecular weight is 152 g/mol. The first-order valence-corrected chi connectivity index (χ1v) is 1.62. The Hall–Kier alpha value is -0.0105. The monoisotopic (exact) mass is 151 g/mol. The van der Waals surface area contributed by atoms with Crippen LogP contribution in [0.4, 0.5) is 0 Å². The molecule has 0 amide bonds. The van der Waals surface area contributed by atoms with Gasteiger partial charge in [-0.05, 0) is 6.92 Å². The van der Waals surface area contributed by atoms with Crippen molar-refractivity contribution in [2.45, 2.75) is 13.8 Å². The van der Waals surface area contributed by atoms with Gasteiger partial charge < -0.3 is 16.8 Å². The summed E-state index contributed by atoms with van der Waals surface area (Å²) in [5, 5.41) is 8.89. The largest absolute Gasteiger partial charge is 2.00 e. The van der Waals surface area contributed by atoms with E-state index in [9.17, 15) is 0 Å². The minimum Gasteiger partial charge on any atom is -0.550 e. The van der Waals surface area contributed by atoms with Crippen LogP contribution in [-0.4, -0.2) is 5.97 Å². The Bertz CT molecular complexity index is 32.7. The van der Waals surface area contributed by atoms with Crippen LogP contribution in [0.3, 0.4) is 0 Å². The molecular weight excluding hydrogens is 144 g/mol. The van der Waals surface area contributed by atoms with Crippen molar-refractivity contribution in [2.24, 2.45) is 0 Å². The maximum Gasteiger partial charge on any atom is 2.00 e. The quantitative estimate of drug-likeness (QED) is 0.349. The van der Waals surface area contributed by atoms with E-state index in [1.807, 2.05) is 0 Å². The summed E-state index contributed by atoms with van der Waals surface area (Å²) in [6, 6.07) is 0. The van der Waals surface area contributed by atoms with Crippen molar-refractivity contribution < 1.29 is 27.0 Å². The number of carbonyl (C=O) groups excluding carboxylic acids is 1. The molecule has 0 fully saturated rings. The van der Waals surface area contributed by atoms with Crippen molar-refractivity contribution in [1.82, 2.24) is 0 Å². The Labute approximate surface area is 54.4 Å². The zero-order valence-corrected chi connectivity index (χ0v) is 5.27. The number of carbonyl (C=O) groups is 1. The second-order valence-corrected chi connectivity index (χ2v) is 0.492. The fourth-order valence-corrected chi connectivity index (χ4v) is 0. The molecule has 0 saturated carbocycles. The van der Waals surface area contributed by atoms with E-state index < -0.39 is 5.97 Å². The van der Waals surface area contributed by atoms with Crippen LogP contribution in [0.15, 0.2) is 0 Å². The van der Waals surface area contributed by atoms with Crippen LogP contribution in [0, 0.1) is 6.92 Å². The standard InChI is InChI=1S/C2H4O2.C2H5.Cu/c1-2(3)4;1-2;/h1H3,(H,3,4);1H2,2H3;/q;-1;+2/p-1. The van der Waals surface area contributed by atoms with Gasteiger partial charge in [0.25, 0.3) is 0 Å². The molecule has 0 aromatic carbocycles. The number of rotatable bonds is 0. The molecule has 0 bridgehead atoms. The third kappa shape index (κ3) is 861000. The molecule has 0 spiro atoms. The van der Waals surface area contributed by atoms with Gasteiger partial charge in [0.1, 0.15) is 0 Å². The number of hydrogen-bond donors (Lipinski definition) is 0. The number of carboxylic acid groups (broad SMARTS) is 1. The molecule has 0 aliphatic rings. The molecule has 0 aromatic heterocycles. The second kappa shape index (κ2) is 16.7. The molecule has 3 heteroatoms. The van der Waals surface area contributed by atoms with E-state index in [4.69, 9.17) is 9.90 Å². The summed E-state index contributed by atoms with van der Waals surface area (Å²) in [4.78, 5) is 8.89. The predicted octanol–water partition coefficient (Wildman–Crippen LogP) is -0.406. The Morgan fingerprint density at radius 2 is 1.57 bits per heavy atom. The summed E-state index contributed by atoms with van der Waals surface area (Å²) < 4.78 is 0. The molecule has 0 aliphatic carbocycles. The van der Waals surface area contributed by atoms with Crippen LogP contribution in [0.5, 0.6) is 0 Å². The van der Waals surface area contributed by atoms with Crippen molar-refractivity contribution in [3.8, 4) is 0 Å². The van der Waals surface area contributed by atoms with Crippen molar-refractivity contribution in [2.75, 3.05) is 0 Å². The molecule has 0 N–H and O–H groups in total. The van der Waals surface area contributed by atoms with Gasteiger partial charge in [0.15, 0.2) is 0 Å². The van der Waals surface area contributed by atoms with Crippen LogP contribution < -0.4 is 5.11 Å². The maximum absolute atomic E-state index is 8.89. The minimum absolute atomic E-state index is 0. The molecule has 0 unspecified atom stereocenters. The first kappa shape index (κ1) is 15.8. The molecule has 0 heterocycles. The zero-order chi connectivity index (χ0) is 5.58. The normalized spacial score (nSPS) is 4.43. The molecular formula is C4H8CuO2. The SMILES string of the molecule is CC(=O)[O-].[CH2-]C.[Cu+2]. The first-order valence-electron chi connectivity index (χ1n) is 1.62. The number of hydrogen-bond acceptors (Lipinski definition) is 2. The van der Waals surface area contributed by atoms with Gasteiger partial charge in [-0.1, -0.05) is 0 Å². The Kier molecular flexibility index (Phi) is 37.5. The van der Waals surface area contributed by atoms with Crippen molar-refractivity contribution >= 4 is 5.97 Å². The topological polar surface area (TPSA) is 40.1 Å². The van der Waals surface area contributed by atoms with Gasteiger partial charge in [0, 0.05) is 5.97 Å². The Morgan fingerprint density at radius 1 is 1.57 bits per heavy atom. The maximum atomic E-state index is 8.89. The minimum atomic E-state index is -1.08. The van der Waals surface area contributed by atoms with Gasteiger partial charge in [0.2, 0.25) is 0 Å². The van der Waals surface area contributed by atoms with E-state index in [1.54, 1.807) is 6.92 Å². The molecule has 0 rings (SSSR count). The van der Waals surface area contributed by atoms with Gasteiger partial charge in [-0.2, -0.15) is 6.92 Å². The summed E-state index contributed by atoms with van der Waals surface area (Å²) in [5.41, 5.74) is 0. The Balaban J connectivity index is -0.0000000480. The summed E-state index contributed by atoms with van der Waals surface area (Å²) >= 11 is 0. The van der Waals surface area contributed by atoms with E-state index in [-0.39, 0.29) is 17.1 Å². The predicted molar refractivity (Wildman–Crippen MR) is 21.7 cm³/mol. The third-order valence-corrected chi connectivity index (χ3v) is 0. The van der Waals surface area contributed by atoms with Gasteiger partial charge in [0.05, 0.1) is 0 Å². The fourth-order valence-electron chi connectivity index (χ4n) is 0. The zero-order valence-electron chi connectivity index (χ0n) is 4.33. The van der Waals surface area contributed by atoms with Crippen LogP contribution in [0.25, 0.3) is 0 Å². The average Bonchev–Trinajstić information content (AvgIpc) is 1.41. The summed E-state index contributed by atoms with van der Waals surface area (Å²) in [6.45, 7) is 5.97. The van der Waals surface area contributed by atoms with Crippen molar-refractivity contribution in [3.05, 3.63) is 6.92 Å². The van der Waals surface area contributed by atoms with E-state index in [2.05, 4.69) is 6.92 Å². The summed E-state index contributed by atoms with van der Waals surface area (Å²) in [5.74, 6) is -1.08. The molecule has 47 valence electrons. The van der Waals surface area contributed by atoms with Crippen LogP contribution in [-0.2, 0) is 21.9 Å². The molecule has 0 aliphatic heterocycles. The molecule has 0 aromatic rings. The summed E-state index contributed by atoms with van der Waals surface area (Å²) in [7, 11) is 0. The smallest absolute Gasteiger partial charge is 0.550 e. The fraction of sp³-hybridized carbons (Fsp3) is 0.500. The van der Waals surface area contributed by atoms with Gasteiger partial charge in [-0.15, -0.1) is 0 Å².